The van der Waals surface area contributed by atoms with Crippen LogP contribution >= 0.6 is 11.3 Å². The second-order valence-electron chi connectivity index (χ2n) is 10.1. The van der Waals surface area contributed by atoms with E-state index in [4.69, 9.17) is 15.2 Å². The standard InChI is InChI=1S/C28H28N7O3S/c1-28(12-13-28)26-34-21(25(39-26)31-17-11-14-37-15-17)22(29)38-27(30)35-23-24(36)32-19-10-6-5-9-18(19)20(33-23)16-7-3-2-4-8-16/h2-10,17,23,31H,11-15H2,1H3,(H2,30,35)(H,32,36)/q-1/t17-,23-/m1/s1. The van der Waals surface area contributed by atoms with Crippen LogP contribution in [-0.2, 0) is 19.7 Å². The Bertz CT molecular complexity index is 1470. The maximum atomic E-state index is 13.1. The SMILES string of the molecule is CC1(c2nc(C(=[N-])O/C(N)=N/[C@H]3N=C(c4ccccc4)c4ccccc4NC3=O)c(N[C@@H]3CCOC3)s2)CC1. The van der Waals surface area contributed by atoms with Crippen molar-refractivity contribution < 1.29 is 14.3 Å². The number of ether oxygens (including phenoxy) is 2. The number of para-hydroxylation sites is 1. The number of amidine groups is 1. The normalized spacial score (nSPS) is 21.8. The van der Waals surface area contributed by atoms with Crippen molar-refractivity contribution >= 4 is 45.6 Å². The average Bonchev–Trinajstić information content (AvgIpc) is 3.31. The molecular formula is C28H28N7O3S-. The molecule has 200 valence electrons. The van der Waals surface area contributed by atoms with Crippen LogP contribution in [0.2, 0.25) is 0 Å². The molecule has 1 aliphatic carbocycles. The summed E-state index contributed by atoms with van der Waals surface area (Å²) in [5.74, 6) is -0.963. The van der Waals surface area contributed by atoms with E-state index in [9.17, 15) is 10.2 Å². The van der Waals surface area contributed by atoms with Gasteiger partial charge in [0.15, 0.2) is 0 Å². The van der Waals surface area contributed by atoms with Crippen molar-refractivity contribution in [3.05, 3.63) is 81.8 Å². The molecule has 0 unspecified atom stereocenters. The molecular weight excluding hydrogens is 514 g/mol. The quantitative estimate of drug-likeness (QED) is 0.319. The van der Waals surface area contributed by atoms with E-state index in [-0.39, 0.29) is 17.2 Å². The molecule has 39 heavy (non-hydrogen) atoms. The van der Waals surface area contributed by atoms with Gasteiger partial charge < -0.3 is 31.3 Å². The lowest BCUT2D eigenvalue weighted by molar-refractivity contribution is -0.117. The number of aromatic nitrogens is 1. The fraction of sp³-hybridized carbons (Fsp3) is 0.321. The number of carbonyl (C=O) groups excluding carboxylic acids is 1. The number of rotatable bonds is 6. The number of benzene rings is 2. The summed E-state index contributed by atoms with van der Waals surface area (Å²) in [6, 6.07) is 16.7. The molecule has 1 amide bonds. The minimum Gasteiger partial charge on any atom is -0.769 e. The molecule has 3 heterocycles. The minimum atomic E-state index is -1.23. The van der Waals surface area contributed by atoms with E-state index < -0.39 is 24.0 Å². The number of aliphatic imine (C=N–C) groups is 2. The van der Waals surface area contributed by atoms with Crippen LogP contribution in [-0.4, -0.2) is 53.9 Å². The van der Waals surface area contributed by atoms with Crippen molar-refractivity contribution in [1.29, 1.82) is 0 Å². The Morgan fingerprint density at radius 3 is 2.74 bits per heavy atom. The van der Waals surface area contributed by atoms with Crippen molar-refractivity contribution in [2.45, 2.75) is 43.8 Å². The summed E-state index contributed by atoms with van der Waals surface area (Å²) in [6.07, 6.45) is 1.71. The van der Waals surface area contributed by atoms with Gasteiger partial charge in [-0.05, 0) is 25.3 Å². The Morgan fingerprint density at radius 2 is 2.00 bits per heavy atom. The highest BCUT2D eigenvalue weighted by molar-refractivity contribution is 7.16. The number of hydrogen-bond acceptors (Lipinski definition) is 8. The van der Waals surface area contributed by atoms with Gasteiger partial charge in [0.1, 0.15) is 15.7 Å². The van der Waals surface area contributed by atoms with Gasteiger partial charge in [0, 0.05) is 29.0 Å². The smallest absolute Gasteiger partial charge is 0.288 e. The number of benzodiazepines with no additional fused rings is 1. The van der Waals surface area contributed by atoms with Gasteiger partial charge >= 0.3 is 0 Å². The van der Waals surface area contributed by atoms with Gasteiger partial charge in [0.05, 0.1) is 24.0 Å². The first-order valence-corrected chi connectivity index (χ1v) is 13.7. The van der Waals surface area contributed by atoms with Gasteiger partial charge in [-0.25, -0.2) is 9.98 Å². The fourth-order valence-corrected chi connectivity index (χ4v) is 5.75. The maximum Gasteiger partial charge on any atom is 0.288 e. The topological polar surface area (TPSA) is 146 Å². The van der Waals surface area contributed by atoms with E-state index in [1.54, 1.807) is 6.07 Å². The minimum absolute atomic E-state index is 0.00142. The first-order chi connectivity index (χ1) is 18.9. The average molecular weight is 543 g/mol. The zero-order chi connectivity index (χ0) is 27.0. The number of nitrogens with zero attached hydrogens (tertiary/aromatic N) is 4. The Hall–Kier alpha value is -4.09. The number of anilines is 2. The van der Waals surface area contributed by atoms with Gasteiger partial charge in [-0.15, -0.1) is 11.3 Å². The zero-order valence-electron chi connectivity index (χ0n) is 21.4. The number of fused-ring (bicyclic) bond motifs is 1. The summed E-state index contributed by atoms with van der Waals surface area (Å²) in [4.78, 5) is 26.6. The number of amides is 1. The van der Waals surface area contributed by atoms with Crippen LogP contribution in [0.5, 0.6) is 0 Å². The molecule has 2 aromatic carbocycles. The molecule has 1 saturated heterocycles. The summed E-state index contributed by atoms with van der Waals surface area (Å²) in [5, 5.41) is 18.8. The van der Waals surface area contributed by atoms with E-state index in [0.29, 0.717) is 29.6 Å². The third-order valence-electron chi connectivity index (χ3n) is 7.03. The van der Waals surface area contributed by atoms with E-state index in [1.165, 1.54) is 11.3 Å². The predicted octanol–water partition coefficient (Wildman–Crippen LogP) is 3.86. The van der Waals surface area contributed by atoms with Crippen LogP contribution in [0.25, 0.3) is 5.41 Å². The number of nitrogens with one attached hydrogen (secondary N) is 2. The number of carbonyl (C=O) groups is 1. The molecule has 2 atom stereocenters. The molecule has 3 aromatic rings. The van der Waals surface area contributed by atoms with Crippen LogP contribution < -0.4 is 16.4 Å². The van der Waals surface area contributed by atoms with Gasteiger partial charge in [0.25, 0.3) is 11.9 Å². The van der Waals surface area contributed by atoms with Crippen molar-refractivity contribution in [1.82, 2.24) is 4.98 Å². The van der Waals surface area contributed by atoms with Crippen LogP contribution in [0.15, 0.2) is 64.6 Å². The van der Waals surface area contributed by atoms with E-state index in [1.807, 2.05) is 48.5 Å². The second-order valence-corrected chi connectivity index (χ2v) is 11.1. The molecule has 0 spiro atoms. The molecule has 2 fully saturated rings. The lowest BCUT2D eigenvalue weighted by atomic mass is 10.0. The van der Waals surface area contributed by atoms with Crippen molar-refractivity contribution in [3.63, 3.8) is 0 Å². The Kier molecular flexibility index (Phi) is 6.61. The summed E-state index contributed by atoms with van der Waals surface area (Å²) >= 11 is 1.50. The summed E-state index contributed by atoms with van der Waals surface area (Å²) in [7, 11) is 0. The first-order valence-electron chi connectivity index (χ1n) is 12.9. The van der Waals surface area contributed by atoms with Crippen molar-refractivity contribution in [2.75, 3.05) is 23.8 Å². The zero-order valence-corrected chi connectivity index (χ0v) is 22.2. The number of hydrogen-bond donors (Lipinski definition) is 3. The first kappa shape index (κ1) is 25.2. The summed E-state index contributed by atoms with van der Waals surface area (Å²) in [5.41, 5.74) is 9.16. The second kappa shape index (κ2) is 10.2. The van der Waals surface area contributed by atoms with Crippen LogP contribution in [0.4, 0.5) is 10.7 Å². The Labute approximate surface area is 229 Å². The van der Waals surface area contributed by atoms with Crippen LogP contribution in [0.3, 0.4) is 0 Å². The third kappa shape index (κ3) is 5.27. The molecule has 10 nitrogen and oxygen atoms in total. The highest BCUT2D eigenvalue weighted by Gasteiger charge is 2.43. The van der Waals surface area contributed by atoms with E-state index in [0.717, 1.165) is 35.4 Å². The van der Waals surface area contributed by atoms with Crippen LogP contribution in [0, 0.1) is 0 Å². The van der Waals surface area contributed by atoms with Crippen LogP contribution in [0.1, 0.15) is 48.0 Å². The van der Waals surface area contributed by atoms with Crippen molar-refractivity contribution in [2.24, 2.45) is 15.7 Å². The molecule has 1 aromatic heterocycles. The summed E-state index contributed by atoms with van der Waals surface area (Å²) in [6.45, 7) is 3.41. The molecule has 6 rings (SSSR count). The fourth-order valence-electron chi connectivity index (χ4n) is 4.51. The van der Waals surface area contributed by atoms with E-state index in [2.05, 4.69) is 32.5 Å². The highest BCUT2D eigenvalue weighted by atomic mass is 32.1. The molecule has 0 radical (unpaired) electrons. The maximum absolute atomic E-state index is 13.1. The lowest BCUT2D eigenvalue weighted by Crippen LogP contribution is -2.29. The van der Waals surface area contributed by atoms with Gasteiger partial charge in [0.2, 0.25) is 6.17 Å². The van der Waals surface area contributed by atoms with Gasteiger partial charge in [-0.2, -0.15) is 4.99 Å². The molecule has 1 saturated carbocycles. The molecule has 4 N–H and O–H groups in total. The Balaban J connectivity index is 1.28. The Morgan fingerprint density at radius 1 is 1.23 bits per heavy atom. The van der Waals surface area contributed by atoms with Gasteiger partial charge in [-0.1, -0.05) is 55.5 Å². The number of nitrogens with two attached hydrogens (primary N) is 1. The predicted molar refractivity (Wildman–Crippen MR) is 153 cm³/mol. The third-order valence-corrected chi connectivity index (χ3v) is 8.33. The van der Waals surface area contributed by atoms with Crippen molar-refractivity contribution in [3.8, 4) is 0 Å². The lowest BCUT2D eigenvalue weighted by Gasteiger charge is -2.17. The summed E-state index contributed by atoms with van der Waals surface area (Å²) < 4.78 is 11.0. The monoisotopic (exact) mass is 542 g/mol. The largest absolute Gasteiger partial charge is 0.769 e. The molecule has 3 aliphatic rings. The molecule has 2 aliphatic heterocycles. The molecule has 0 bridgehead atoms. The van der Waals surface area contributed by atoms with Gasteiger partial charge in [-0.3, -0.25) is 4.79 Å². The number of thiazole rings is 1. The molecule has 11 heteroatoms. The highest BCUT2D eigenvalue weighted by Crippen LogP contribution is 2.50. The van der Waals surface area contributed by atoms with E-state index >= 15 is 0 Å².